The van der Waals surface area contributed by atoms with Gasteiger partial charge in [0.05, 0.1) is 0 Å². The first-order chi connectivity index (χ1) is 7.09. The van der Waals surface area contributed by atoms with Crippen molar-refractivity contribution in [3.63, 3.8) is 0 Å². The van der Waals surface area contributed by atoms with Crippen LogP contribution in [-0.2, 0) is 6.42 Å². The molecule has 1 rings (SSSR count). The van der Waals surface area contributed by atoms with E-state index >= 15 is 0 Å². The van der Waals surface area contributed by atoms with Crippen LogP contribution in [0.15, 0.2) is 24.3 Å². The number of nitrogens with zero attached hydrogens (tertiary/aromatic N) is 1. The maximum Gasteiger partial charge on any atom is 0.00915 e. The molecular weight excluding hydrogens is 184 g/mol. The van der Waals surface area contributed by atoms with Crippen LogP contribution in [0.3, 0.4) is 0 Å². The highest BCUT2D eigenvalue weighted by molar-refractivity contribution is 5.26. The van der Waals surface area contributed by atoms with Gasteiger partial charge in [-0.25, -0.2) is 0 Å². The minimum atomic E-state index is 0.272. The maximum absolute atomic E-state index is 6.10. The van der Waals surface area contributed by atoms with Crippen LogP contribution in [0.25, 0.3) is 0 Å². The molecule has 84 valence electrons. The van der Waals surface area contributed by atoms with Gasteiger partial charge in [-0.05, 0) is 51.5 Å². The van der Waals surface area contributed by atoms with E-state index in [9.17, 15) is 0 Å². The molecule has 0 heterocycles. The molecule has 1 aromatic carbocycles. The molecular formula is C13H22N2. The molecule has 0 aromatic heterocycles. The molecule has 0 saturated heterocycles. The second-order valence-electron chi connectivity index (χ2n) is 4.48. The van der Waals surface area contributed by atoms with Gasteiger partial charge in [-0.1, -0.05) is 24.3 Å². The Hall–Kier alpha value is -0.860. The number of nitrogens with two attached hydrogens (primary N) is 1. The summed E-state index contributed by atoms with van der Waals surface area (Å²) in [6, 6.07) is 8.75. The first-order valence-electron chi connectivity index (χ1n) is 5.54. The van der Waals surface area contributed by atoms with Crippen molar-refractivity contribution < 1.29 is 0 Å². The fourth-order valence-electron chi connectivity index (χ4n) is 1.65. The predicted molar refractivity (Wildman–Crippen MR) is 66.0 cm³/mol. The quantitative estimate of drug-likeness (QED) is 0.796. The van der Waals surface area contributed by atoms with Crippen molar-refractivity contribution in [3.05, 3.63) is 35.4 Å². The van der Waals surface area contributed by atoms with Crippen LogP contribution in [0.4, 0.5) is 0 Å². The lowest BCUT2D eigenvalue weighted by atomic mass is 10.00. The molecule has 2 heteroatoms. The largest absolute Gasteiger partial charge is 0.327 e. The van der Waals surface area contributed by atoms with Crippen LogP contribution < -0.4 is 5.73 Å². The Labute approximate surface area is 93.1 Å². The third kappa shape index (κ3) is 4.45. The molecule has 1 aromatic rings. The molecule has 0 fully saturated rings. The Kier molecular flexibility index (Phi) is 4.79. The fourth-order valence-corrected chi connectivity index (χ4v) is 1.65. The van der Waals surface area contributed by atoms with E-state index in [1.807, 2.05) is 0 Å². The molecule has 1 unspecified atom stereocenters. The SMILES string of the molecule is Cc1ccccc1CC(N)CCN(C)C. The van der Waals surface area contributed by atoms with Gasteiger partial charge < -0.3 is 10.6 Å². The summed E-state index contributed by atoms with van der Waals surface area (Å²) in [6.45, 7) is 3.21. The summed E-state index contributed by atoms with van der Waals surface area (Å²) in [5.41, 5.74) is 8.82. The average Bonchev–Trinajstić information content (AvgIpc) is 2.18. The van der Waals surface area contributed by atoms with Gasteiger partial charge in [0.2, 0.25) is 0 Å². The number of benzene rings is 1. The van der Waals surface area contributed by atoms with E-state index in [0.717, 1.165) is 19.4 Å². The molecule has 2 N–H and O–H groups in total. The second-order valence-corrected chi connectivity index (χ2v) is 4.48. The van der Waals surface area contributed by atoms with Gasteiger partial charge in [0.1, 0.15) is 0 Å². The van der Waals surface area contributed by atoms with Gasteiger partial charge in [-0.15, -0.1) is 0 Å². The van der Waals surface area contributed by atoms with Crippen LogP contribution in [-0.4, -0.2) is 31.6 Å². The number of hydrogen-bond acceptors (Lipinski definition) is 2. The minimum Gasteiger partial charge on any atom is -0.327 e. The molecule has 0 saturated carbocycles. The molecule has 0 aliphatic heterocycles. The first kappa shape index (κ1) is 12.2. The van der Waals surface area contributed by atoms with E-state index in [0.29, 0.717) is 0 Å². The van der Waals surface area contributed by atoms with E-state index in [4.69, 9.17) is 5.73 Å². The van der Waals surface area contributed by atoms with Crippen LogP contribution in [0.1, 0.15) is 17.5 Å². The Morgan fingerprint density at radius 1 is 1.27 bits per heavy atom. The van der Waals surface area contributed by atoms with Crippen molar-refractivity contribution in [2.75, 3.05) is 20.6 Å². The third-order valence-corrected chi connectivity index (χ3v) is 2.69. The predicted octanol–water partition coefficient (Wildman–Crippen LogP) is 1.82. The highest BCUT2D eigenvalue weighted by Gasteiger charge is 2.06. The molecule has 15 heavy (non-hydrogen) atoms. The van der Waals surface area contributed by atoms with Gasteiger partial charge in [-0.2, -0.15) is 0 Å². The smallest absolute Gasteiger partial charge is 0.00915 e. The van der Waals surface area contributed by atoms with E-state index in [-0.39, 0.29) is 6.04 Å². The van der Waals surface area contributed by atoms with Gasteiger partial charge in [0, 0.05) is 6.04 Å². The highest BCUT2D eigenvalue weighted by Crippen LogP contribution is 2.10. The molecule has 0 radical (unpaired) electrons. The lowest BCUT2D eigenvalue weighted by molar-refractivity contribution is 0.379. The molecule has 0 bridgehead atoms. The number of aryl methyl sites for hydroxylation is 1. The van der Waals surface area contributed by atoms with Crippen molar-refractivity contribution in [3.8, 4) is 0 Å². The van der Waals surface area contributed by atoms with Crippen molar-refractivity contribution in [2.45, 2.75) is 25.8 Å². The van der Waals surface area contributed by atoms with E-state index in [2.05, 4.69) is 50.2 Å². The molecule has 1 atom stereocenters. The zero-order chi connectivity index (χ0) is 11.3. The van der Waals surface area contributed by atoms with Crippen molar-refractivity contribution >= 4 is 0 Å². The summed E-state index contributed by atoms with van der Waals surface area (Å²) >= 11 is 0. The summed E-state index contributed by atoms with van der Waals surface area (Å²) in [5.74, 6) is 0. The normalized spacial score (nSPS) is 13.1. The summed E-state index contributed by atoms with van der Waals surface area (Å²) in [6.07, 6.45) is 2.04. The van der Waals surface area contributed by atoms with E-state index < -0.39 is 0 Å². The highest BCUT2D eigenvalue weighted by atomic mass is 15.0. The Balaban J connectivity index is 2.44. The Morgan fingerprint density at radius 2 is 1.93 bits per heavy atom. The van der Waals surface area contributed by atoms with E-state index in [1.54, 1.807) is 0 Å². The van der Waals surface area contributed by atoms with Crippen molar-refractivity contribution in [2.24, 2.45) is 5.73 Å². The zero-order valence-corrected chi connectivity index (χ0v) is 10.0. The van der Waals surface area contributed by atoms with Crippen LogP contribution in [0.2, 0.25) is 0 Å². The molecule has 0 spiro atoms. The molecule has 0 aliphatic carbocycles. The average molecular weight is 206 g/mol. The first-order valence-corrected chi connectivity index (χ1v) is 5.54. The fraction of sp³-hybridized carbons (Fsp3) is 0.538. The van der Waals surface area contributed by atoms with Crippen LogP contribution in [0.5, 0.6) is 0 Å². The third-order valence-electron chi connectivity index (χ3n) is 2.69. The van der Waals surface area contributed by atoms with Crippen LogP contribution >= 0.6 is 0 Å². The van der Waals surface area contributed by atoms with Crippen molar-refractivity contribution in [1.82, 2.24) is 4.90 Å². The summed E-state index contributed by atoms with van der Waals surface area (Å²) in [7, 11) is 4.17. The lowest BCUT2D eigenvalue weighted by Gasteiger charge is -2.16. The van der Waals surface area contributed by atoms with Gasteiger partial charge in [0.25, 0.3) is 0 Å². The Morgan fingerprint density at radius 3 is 2.53 bits per heavy atom. The summed E-state index contributed by atoms with van der Waals surface area (Å²) in [5, 5.41) is 0. The lowest BCUT2D eigenvalue weighted by Crippen LogP contribution is -2.28. The molecule has 0 aliphatic rings. The van der Waals surface area contributed by atoms with E-state index in [1.165, 1.54) is 11.1 Å². The Bertz CT molecular complexity index is 294. The van der Waals surface area contributed by atoms with Gasteiger partial charge in [-0.3, -0.25) is 0 Å². The van der Waals surface area contributed by atoms with Gasteiger partial charge >= 0.3 is 0 Å². The number of rotatable bonds is 5. The number of hydrogen-bond donors (Lipinski definition) is 1. The maximum atomic E-state index is 6.10. The monoisotopic (exact) mass is 206 g/mol. The topological polar surface area (TPSA) is 29.3 Å². The van der Waals surface area contributed by atoms with Crippen LogP contribution in [0, 0.1) is 6.92 Å². The zero-order valence-electron chi connectivity index (χ0n) is 10.0. The standard InChI is InChI=1S/C13H22N2/c1-11-6-4-5-7-12(11)10-13(14)8-9-15(2)3/h4-7,13H,8-10,14H2,1-3H3. The molecule has 0 amide bonds. The molecule has 2 nitrogen and oxygen atoms in total. The second kappa shape index (κ2) is 5.89. The van der Waals surface area contributed by atoms with Gasteiger partial charge in [0.15, 0.2) is 0 Å². The summed E-state index contributed by atoms with van der Waals surface area (Å²) in [4.78, 5) is 2.18. The van der Waals surface area contributed by atoms with Crippen molar-refractivity contribution in [1.29, 1.82) is 0 Å². The summed E-state index contributed by atoms with van der Waals surface area (Å²) < 4.78 is 0. The minimum absolute atomic E-state index is 0.272.